The van der Waals surface area contributed by atoms with Crippen LogP contribution in [0.4, 0.5) is 37.7 Å². The van der Waals surface area contributed by atoms with Crippen molar-refractivity contribution in [3.63, 3.8) is 0 Å². The van der Waals surface area contributed by atoms with Gasteiger partial charge in [-0.2, -0.15) is 26.3 Å². The summed E-state index contributed by atoms with van der Waals surface area (Å²) in [5.41, 5.74) is -0.282. The Hall–Kier alpha value is -6.70. The van der Waals surface area contributed by atoms with Crippen LogP contribution in [0.2, 0.25) is 0 Å². The average molecular weight is 729 g/mol. The SMILES string of the molecule is O=[N+]([O-])c1ccc(Oc2ccc(C3(c4ccc(Oc5ccc([N+](=O)[O-])cc5C(F)(F)F)cc4)c4ccccc4-c4ccccc43)cc2)c(C(F)(F)F)c1. The first-order chi connectivity index (χ1) is 25.2. The predicted octanol–water partition coefficient (Wildman–Crippen LogP) is 11.5. The number of hydrogen-bond donors (Lipinski definition) is 0. The minimum absolute atomic E-state index is 0.0233. The predicted molar refractivity (Wildman–Crippen MR) is 180 cm³/mol. The highest BCUT2D eigenvalue weighted by Crippen LogP contribution is 2.56. The van der Waals surface area contributed by atoms with E-state index in [2.05, 4.69) is 0 Å². The van der Waals surface area contributed by atoms with Gasteiger partial charge in [-0.05, 0) is 69.8 Å². The molecule has 6 aromatic rings. The number of nitro benzene ring substituents is 2. The maximum atomic E-state index is 13.9. The van der Waals surface area contributed by atoms with E-state index in [1.807, 2.05) is 48.5 Å². The zero-order valence-corrected chi connectivity index (χ0v) is 26.8. The second kappa shape index (κ2) is 12.8. The molecule has 1 aliphatic carbocycles. The maximum absolute atomic E-state index is 13.9. The molecule has 0 aliphatic heterocycles. The van der Waals surface area contributed by atoms with Gasteiger partial charge in [-0.1, -0.05) is 72.8 Å². The van der Waals surface area contributed by atoms with Crippen LogP contribution in [0.3, 0.4) is 0 Å². The third-order valence-electron chi connectivity index (χ3n) is 8.94. The van der Waals surface area contributed by atoms with Gasteiger partial charge >= 0.3 is 12.4 Å². The number of fused-ring (bicyclic) bond motifs is 3. The Labute approximate surface area is 295 Å². The third kappa shape index (κ3) is 6.17. The Morgan fingerprint density at radius 1 is 0.491 bits per heavy atom. The van der Waals surface area contributed by atoms with Crippen molar-refractivity contribution in [1.29, 1.82) is 0 Å². The number of rotatable bonds is 8. The zero-order valence-electron chi connectivity index (χ0n) is 26.8. The number of nitro groups is 2. The van der Waals surface area contributed by atoms with E-state index in [0.29, 0.717) is 23.3 Å². The minimum atomic E-state index is -4.94. The summed E-state index contributed by atoms with van der Waals surface area (Å²) in [4.78, 5) is 20.4. The fourth-order valence-electron chi connectivity index (χ4n) is 6.71. The van der Waals surface area contributed by atoms with Crippen molar-refractivity contribution in [3.05, 3.63) is 187 Å². The summed E-state index contributed by atoms with van der Waals surface area (Å²) in [6.07, 6.45) is -9.88. The number of ether oxygens (including phenoxy) is 2. The van der Waals surface area contributed by atoms with Crippen LogP contribution in [0.1, 0.15) is 33.4 Å². The highest BCUT2D eigenvalue weighted by atomic mass is 19.4. The van der Waals surface area contributed by atoms with Gasteiger partial charge in [-0.3, -0.25) is 20.2 Å². The lowest BCUT2D eigenvalue weighted by atomic mass is 9.68. The van der Waals surface area contributed by atoms with Crippen LogP contribution in [0.15, 0.2) is 133 Å². The third-order valence-corrected chi connectivity index (χ3v) is 8.94. The first-order valence-electron chi connectivity index (χ1n) is 15.7. The lowest BCUT2D eigenvalue weighted by molar-refractivity contribution is -0.385. The van der Waals surface area contributed by atoms with Gasteiger partial charge in [-0.25, -0.2) is 0 Å². The van der Waals surface area contributed by atoms with E-state index in [1.54, 1.807) is 24.3 Å². The quantitative estimate of drug-likeness (QED) is 0.0876. The summed E-state index contributed by atoms with van der Waals surface area (Å²) in [6.45, 7) is 0. The van der Waals surface area contributed by atoms with Crippen LogP contribution in [0.5, 0.6) is 23.0 Å². The molecule has 14 heteroatoms. The smallest absolute Gasteiger partial charge is 0.420 e. The molecule has 7 rings (SSSR count). The zero-order chi connectivity index (χ0) is 37.7. The molecule has 0 aromatic heterocycles. The molecule has 0 bridgehead atoms. The Bertz CT molecular complexity index is 2220. The van der Waals surface area contributed by atoms with E-state index in [0.717, 1.165) is 46.5 Å². The molecule has 0 heterocycles. The highest BCUT2D eigenvalue weighted by Gasteiger charge is 2.46. The first kappa shape index (κ1) is 34.7. The van der Waals surface area contributed by atoms with Crippen LogP contribution >= 0.6 is 0 Å². The Balaban J connectivity index is 1.31. The molecule has 0 fully saturated rings. The summed E-state index contributed by atoms with van der Waals surface area (Å²) in [5, 5.41) is 22.3. The van der Waals surface area contributed by atoms with Crippen LogP contribution < -0.4 is 9.47 Å². The van der Waals surface area contributed by atoms with E-state index >= 15 is 0 Å². The van der Waals surface area contributed by atoms with Gasteiger partial charge in [0.15, 0.2) is 0 Å². The van der Waals surface area contributed by atoms with Gasteiger partial charge in [0.25, 0.3) is 11.4 Å². The second-order valence-electron chi connectivity index (χ2n) is 12.0. The fourth-order valence-corrected chi connectivity index (χ4v) is 6.71. The monoisotopic (exact) mass is 728 g/mol. The molecule has 0 N–H and O–H groups in total. The summed E-state index contributed by atoms with van der Waals surface area (Å²) in [7, 11) is 0. The van der Waals surface area contributed by atoms with Crippen LogP contribution in [0, 0.1) is 20.2 Å². The molecule has 0 atom stereocenters. The first-order valence-corrected chi connectivity index (χ1v) is 15.7. The van der Waals surface area contributed by atoms with Crippen molar-refractivity contribution in [3.8, 4) is 34.1 Å². The molecule has 0 radical (unpaired) electrons. The molecular formula is C39H22F6N2O6. The van der Waals surface area contributed by atoms with E-state index in [9.17, 15) is 46.6 Å². The molecule has 1 aliphatic rings. The second-order valence-corrected chi connectivity index (χ2v) is 12.0. The number of hydrogen-bond acceptors (Lipinski definition) is 6. The average Bonchev–Trinajstić information content (AvgIpc) is 3.42. The Kier molecular flexibility index (Phi) is 8.40. The van der Waals surface area contributed by atoms with Crippen molar-refractivity contribution in [2.45, 2.75) is 17.8 Å². The van der Waals surface area contributed by atoms with Crippen molar-refractivity contribution >= 4 is 11.4 Å². The topological polar surface area (TPSA) is 105 Å². The lowest BCUT2D eigenvalue weighted by Crippen LogP contribution is -2.28. The number of non-ortho nitro benzene ring substituents is 2. The molecule has 0 saturated carbocycles. The summed E-state index contributed by atoms with van der Waals surface area (Å²) < 4.78 is 94.4. The molecule has 8 nitrogen and oxygen atoms in total. The highest BCUT2D eigenvalue weighted by molar-refractivity contribution is 5.86. The molecule has 0 spiro atoms. The van der Waals surface area contributed by atoms with Crippen molar-refractivity contribution in [1.82, 2.24) is 0 Å². The largest absolute Gasteiger partial charge is 0.457 e. The van der Waals surface area contributed by atoms with Gasteiger partial charge in [0.2, 0.25) is 0 Å². The molecule has 53 heavy (non-hydrogen) atoms. The number of alkyl halides is 6. The molecule has 6 aromatic carbocycles. The Morgan fingerprint density at radius 2 is 0.849 bits per heavy atom. The van der Waals surface area contributed by atoms with Crippen molar-refractivity contribution in [2.75, 3.05) is 0 Å². The minimum Gasteiger partial charge on any atom is -0.457 e. The maximum Gasteiger partial charge on any atom is 0.420 e. The Morgan fingerprint density at radius 3 is 1.19 bits per heavy atom. The number of halogens is 6. The molecule has 0 saturated heterocycles. The van der Waals surface area contributed by atoms with Gasteiger partial charge < -0.3 is 9.47 Å². The van der Waals surface area contributed by atoms with Crippen LogP contribution in [-0.2, 0) is 17.8 Å². The van der Waals surface area contributed by atoms with Gasteiger partial charge in [0, 0.05) is 24.3 Å². The van der Waals surface area contributed by atoms with Gasteiger partial charge in [0.05, 0.1) is 15.3 Å². The van der Waals surface area contributed by atoms with Crippen LogP contribution in [0.25, 0.3) is 11.1 Å². The van der Waals surface area contributed by atoms with Crippen LogP contribution in [-0.4, -0.2) is 9.85 Å². The van der Waals surface area contributed by atoms with E-state index in [4.69, 9.17) is 9.47 Å². The summed E-state index contributed by atoms with van der Waals surface area (Å²) in [6, 6.07) is 32.3. The standard InChI is InChI=1S/C39H22F6N2O6/c40-38(41,42)33-21-25(46(48)49)13-19-35(33)52-27-15-9-23(10-16-27)37(31-7-3-1-5-29(31)30-6-2-4-8-32(30)37)24-11-17-28(18-12-24)53-36-20-14-26(47(50)51)22-34(36)39(43,44)45/h1-22H. The van der Waals surface area contributed by atoms with Crippen molar-refractivity contribution in [2.24, 2.45) is 0 Å². The van der Waals surface area contributed by atoms with E-state index < -0.39 is 61.6 Å². The van der Waals surface area contributed by atoms with Gasteiger partial charge in [0.1, 0.15) is 34.1 Å². The summed E-state index contributed by atoms with van der Waals surface area (Å²) >= 11 is 0. The normalized spacial score (nSPS) is 13.2. The van der Waals surface area contributed by atoms with Gasteiger partial charge in [-0.15, -0.1) is 0 Å². The number of benzene rings is 6. The fraction of sp³-hybridized carbons (Fsp3) is 0.0769. The number of nitrogens with zero attached hydrogens (tertiary/aromatic N) is 2. The molecule has 266 valence electrons. The van der Waals surface area contributed by atoms with Crippen molar-refractivity contribution < 1.29 is 45.7 Å². The molecule has 0 unspecified atom stereocenters. The lowest BCUT2D eigenvalue weighted by Gasteiger charge is -2.34. The van der Waals surface area contributed by atoms with E-state index in [1.165, 1.54) is 24.3 Å². The molecular weight excluding hydrogens is 706 g/mol. The summed E-state index contributed by atoms with van der Waals surface area (Å²) in [5.74, 6) is -1.20. The molecule has 0 amide bonds. The van der Waals surface area contributed by atoms with E-state index in [-0.39, 0.29) is 11.5 Å².